The topological polar surface area (TPSA) is 55.6 Å². The van der Waals surface area contributed by atoms with Crippen LogP contribution in [0.25, 0.3) is 0 Å². The van der Waals surface area contributed by atoms with Gasteiger partial charge in [0.05, 0.1) is 24.3 Å². The van der Waals surface area contributed by atoms with Crippen molar-refractivity contribution in [1.29, 1.82) is 0 Å². The molecular weight excluding hydrogens is 458 g/mol. The van der Waals surface area contributed by atoms with E-state index in [9.17, 15) is 31.1 Å². The SMILES string of the molecule is Nc1cccc(Sc2ccc(CCC(=O)N3CCOCC3)c(C(F)(F)F)c2C(F)(F)F)c1. The van der Waals surface area contributed by atoms with E-state index in [2.05, 4.69) is 0 Å². The number of carbonyl (C=O) groups is 1. The van der Waals surface area contributed by atoms with E-state index in [-0.39, 0.29) is 17.0 Å². The summed E-state index contributed by atoms with van der Waals surface area (Å²) < 4.78 is 88.3. The molecule has 0 bridgehead atoms. The molecule has 0 aliphatic carbocycles. The Morgan fingerprint density at radius 1 is 1.00 bits per heavy atom. The van der Waals surface area contributed by atoms with Crippen molar-refractivity contribution in [3.05, 3.63) is 53.1 Å². The number of nitrogen functional groups attached to an aromatic ring is 1. The number of ether oxygens (including phenoxy) is 1. The number of hydrogen-bond acceptors (Lipinski definition) is 4. The highest BCUT2D eigenvalue weighted by molar-refractivity contribution is 7.99. The Bertz CT molecular complexity index is 972. The zero-order valence-electron chi connectivity index (χ0n) is 16.7. The van der Waals surface area contributed by atoms with Gasteiger partial charge in [-0.25, -0.2) is 0 Å². The van der Waals surface area contributed by atoms with Crippen molar-refractivity contribution in [3.8, 4) is 0 Å². The second-order valence-corrected chi connectivity index (χ2v) is 8.25. The van der Waals surface area contributed by atoms with Gasteiger partial charge in [0.1, 0.15) is 0 Å². The van der Waals surface area contributed by atoms with E-state index in [0.717, 1.165) is 12.1 Å². The maximum atomic E-state index is 13.9. The zero-order chi connectivity index (χ0) is 23.5. The van der Waals surface area contributed by atoms with Crippen molar-refractivity contribution < 1.29 is 35.9 Å². The molecule has 2 N–H and O–H groups in total. The van der Waals surface area contributed by atoms with Crippen LogP contribution in [0.15, 0.2) is 46.2 Å². The number of anilines is 1. The first-order chi connectivity index (χ1) is 15.0. The number of benzene rings is 2. The molecule has 1 amide bonds. The lowest BCUT2D eigenvalue weighted by molar-refractivity contribution is -0.164. The standard InChI is InChI=1S/C21H20F6N2O2S/c22-20(23,24)18-13(5-7-17(30)29-8-10-31-11-9-29)4-6-16(19(18)21(25,26)27)32-15-3-1-2-14(28)12-15/h1-4,6,12H,5,7-11,28H2. The third-order valence-electron chi connectivity index (χ3n) is 4.88. The number of alkyl halides is 6. The predicted octanol–water partition coefficient (Wildman–Crippen LogP) is 5.25. The molecule has 0 spiro atoms. The quantitative estimate of drug-likeness (QED) is 0.471. The van der Waals surface area contributed by atoms with Crippen LogP contribution in [0.2, 0.25) is 0 Å². The summed E-state index contributed by atoms with van der Waals surface area (Å²) in [5.74, 6) is -0.423. The van der Waals surface area contributed by atoms with Gasteiger partial charge in [0.25, 0.3) is 0 Å². The fourth-order valence-electron chi connectivity index (χ4n) is 3.44. The van der Waals surface area contributed by atoms with E-state index < -0.39 is 46.3 Å². The van der Waals surface area contributed by atoms with Crippen LogP contribution >= 0.6 is 11.8 Å². The maximum absolute atomic E-state index is 13.9. The van der Waals surface area contributed by atoms with Crippen LogP contribution < -0.4 is 5.73 Å². The number of nitrogens with two attached hydrogens (primary N) is 1. The van der Waals surface area contributed by atoms with Crippen LogP contribution in [-0.4, -0.2) is 37.1 Å². The van der Waals surface area contributed by atoms with E-state index in [1.165, 1.54) is 29.2 Å². The van der Waals surface area contributed by atoms with Crippen molar-refractivity contribution in [3.63, 3.8) is 0 Å². The minimum Gasteiger partial charge on any atom is -0.399 e. The summed E-state index contributed by atoms with van der Waals surface area (Å²) in [5, 5.41) is 0. The molecule has 32 heavy (non-hydrogen) atoms. The Balaban J connectivity index is 1.98. The molecule has 0 saturated carbocycles. The minimum absolute atomic E-state index is 0.276. The molecule has 2 aromatic carbocycles. The van der Waals surface area contributed by atoms with Gasteiger partial charge in [-0.2, -0.15) is 26.3 Å². The van der Waals surface area contributed by atoms with Gasteiger partial charge in [-0.3, -0.25) is 4.79 Å². The van der Waals surface area contributed by atoms with Gasteiger partial charge in [-0.1, -0.05) is 23.9 Å². The van der Waals surface area contributed by atoms with Crippen molar-refractivity contribution in [2.24, 2.45) is 0 Å². The van der Waals surface area contributed by atoms with E-state index in [1.54, 1.807) is 0 Å². The minimum atomic E-state index is -5.26. The van der Waals surface area contributed by atoms with Gasteiger partial charge in [0.15, 0.2) is 0 Å². The zero-order valence-corrected chi connectivity index (χ0v) is 17.5. The number of amides is 1. The molecule has 0 aromatic heterocycles. The predicted molar refractivity (Wildman–Crippen MR) is 107 cm³/mol. The first kappa shape index (κ1) is 24.2. The van der Waals surface area contributed by atoms with Crippen LogP contribution in [0.4, 0.5) is 32.0 Å². The fourth-order valence-corrected chi connectivity index (χ4v) is 4.49. The third kappa shape index (κ3) is 5.89. The van der Waals surface area contributed by atoms with Gasteiger partial charge in [-0.05, 0) is 36.2 Å². The molecule has 174 valence electrons. The van der Waals surface area contributed by atoms with Crippen molar-refractivity contribution in [2.75, 3.05) is 32.0 Å². The number of aryl methyl sites for hydroxylation is 1. The summed E-state index contributed by atoms with van der Waals surface area (Å²) in [4.78, 5) is 13.4. The molecule has 3 rings (SSSR count). The smallest absolute Gasteiger partial charge is 0.399 e. The molecule has 1 fully saturated rings. The summed E-state index contributed by atoms with van der Waals surface area (Å²) in [6.07, 6.45) is -11.3. The van der Waals surface area contributed by atoms with Crippen LogP contribution in [0.3, 0.4) is 0 Å². The summed E-state index contributed by atoms with van der Waals surface area (Å²) >= 11 is 0.552. The van der Waals surface area contributed by atoms with Gasteiger partial charge in [-0.15, -0.1) is 0 Å². The van der Waals surface area contributed by atoms with Crippen molar-refractivity contribution in [2.45, 2.75) is 35.0 Å². The summed E-state index contributed by atoms with van der Waals surface area (Å²) in [6, 6.07) is 7.89. The molecule has 1 saturated heterocycles. The highest BCUT2D eigenvalue weighted by Gasteiger charge is 2.46. The molecule has 0 radical (unpaired) electrons. The number of carbonyl (C=O) groups excluding carboxylic acids is 1. The first-order valence-corrected chi connectivity index (χ1v) is 10.5. The lowest BCUT2D eigenvalue weighted by Gasteiger charge is -2.27. The summed E-state index contributed by atoms with van der Waals surface area (Å²) in [7, 11) is 0. The van der Waals surface area contributed by atoms with Crippen LogP contribution in [0.1, 0.15) is 23.1 Å². The Labute approximate surface area is 184 Å². The molecular formula is C21H20F6N2O2S. The number of halogens is 6. The van der Waals surface area contributed by atoms with Gasteiger partial charge >= 0.3 is 12.4 Å². The molecule has 4 nitrogen and oxygen atoms in total. The molecule has 1 aliphatic heterocycles. The van der Waals surface area contributed by atoms with E-state index in [4.69, 9.17) is 10.5 Å². The highest BCUT2D eigenvalue weighted by Crippen LogP contribution is 2.48. The lowest BCUT2D eigenvalue weighted by Crippen LogP contribution is -2.40. The average molecular weight is 478 g/mol. The molecule has 2 aromatic rings. The van der Waals surface area contributed by atoms with Gasteiger partial charge in [0, 0.05) is 35.0 Å². The van der Waals surface area contributed by atoms with Crippen molar-refractivity contribution in [1.82, 2.24) is 4.90 Å². The molecule has 0 unspecified atom stereocenters. The second-order valence-electron chi connectivity index (χ2n) is 7.14. The highest BCUT2D eigenvalue weighted by atomic mass is 32.2. The number of morpholine rings is 1. The Kier molecular flexibility index (Phi) is 7.29. The molecule has 1 heterocycles. The lowest BCUT2D eigenvalue weighted by atomic mass is 9.96. The number of nitrogens with zero attached hydrogens (tertiary/aromatic N) is 1. The Morgan fingerprint density at radius 2 is 1.66 bits per heavy atom. The second kappa shape index (κ2) is 9.62. The van der Waals surface area contributed by atoms with Gasteiger partial charge in [0.2, 0.25) is 5.91 Å². The van der Waals surface area contributed by atoms with E-state index in [1.807, 2.05) is 0 Å². The average Bonchev–Trinajstić information content (AvgIpc) is 2.71. The monoisotopic (exact) mass is 478 g/mol. The van der Waals surface area contributed by atoms with E-state index in [0.29, 0.717) is 38.1 Å². The van der Waals surface area contributed by atoms with Crippen LogP contribution in [0, 0.1) is 0 Å². The maximum Gasteiger partial charge on any atom is 0.418 e. The molecule has 0 atom stereocenters. The van der Waals surface area contributed by atoms with Gasteiger partial charge < -0.3 is 15.4 Å². The molecule has 1 aliphatic rings. The van der Waals surface area contributed by atoms with E-state index >= 15 is 0 Å². The first-order valence-electron chi connectivity index (χ1n) is 9.66. The number of rotatable bonds is 5. The molecule has 11 heteroatoms. The van der Waals surface area contributed by atoms with Crippen molar-refractivity contribution >= 4 is 23.4 Å². The van der Waals surface area contributed by atoms with Crippen LogP contribution in [0.5, 0.6) is 0 Å². The van der Waals surface area contributed by atoms with Crippen LogP contribution in [-0.2, 0) is 28.3 Å². The Hall–Kier alpha value is -2.40. The normalized spacial score (nSPS) is 15.1. The Morgan fingerprint density at radius 3 is 2.25 bits per heavy atom. The summed E-state index contributed by atoms with van der Waals surface area (Å²) in [6.45, 7) is 1.23. The fraction of sp³-hybridized carbons (Fsp3) is 0.381. The summed E-state index contributed by atoms with van der Waals surface area (Å²) in [5.41, 5.74) is 1.83. The number of hydrogen-bond donors (Lipinski definition) is 1. The largest absolute Gasteiger partial charge is 0.418 e. The third-order valence-corrected chi connectivity index (χ3v) is 5.93.